The molecule has 7 nitrogen and oxygen atoms in total. The predicted molar refractivity (Wildman–Crippen MR) is 119 cm³/mol. The van der Waals surface area contributed by atoms with Gasteiger partial charge in [0.1, 0.15) is 5.76 Å². The van der Waals surface area contributed by atoms with E-state index in [9.17, 15) is 4.79 Å². The minimum Gasteiger partial charge on any atom is -0.467 e. The smallest absolute Gasteiger partial charge is 0.234 e. The number of aromatic nitrogens is 3. The summed E-state index contributed by atoms with van der Waals surface area (Å²) in [7, 11) is 0. The molecule has 0 aliphatic heterocycles. The van der Waals surface area contributed by atoms with Crippen LogP contribution in [0.2, 0.25) is 5.02 Å². The molecule has 0 aliphatic carbocycles. The largest absolute Gasteiger partial charge is 0.467 e. The zero-order chi connectivity index (χ0) is 21.6. The zero-order valence-electron chi connectivity index (χ0n) is 16.2. The molecule has 2 aromatic heterocycles. The number of carbonyl (C=O) groups excluding carboxylic acids is 1. The van der Waals surface area contributed by atoms with Crippen molar-refractivity contribution >= 4 is 35.0 Å². The van der Waals surface area contributed by atoms with Crippen molar-refractivity contribution in [1.82, 2.24) is 14.8 Å². The molecule has 4 aromatic rings. The Morgan fingerprint density at radius 3 is 2.74 bits per heavy atom. The second kappa shape index (κ2) is 9.51. The van der Waals surface area contributed by atoms with E-state index in [-0.39, 0.29) is 11.7 Å². The molecule has 9 heteroatoms. The molecule has 1 amide bonds. The number of furan rings is 1. The fourth-order valence-corrected chi connectivity index (χ4v) is 3.77. The number of nitrogens with one attached hydrogen (secondary N) is 1. The molecule has 0 aliphatic rings. The third-order valence-corrected chi connectivity index (χ3v) is 5.54. The van der Waals surface area contributed by atoms with Gasteiger partial charge in [0.05, 0.1) is 30.2 Å². The summed E-state index contributed by atoms with van der Waals surface area (Å²) in [5.41, 5.74) is 1.91. The van der Waals surface area contributed by atoms with Gasteiger partial charge in [-0.1, -0.05) is 29.4 Å². The van der Waals surface area contributed by atoms with Crippen molar-refractivity contribution in [1.29, 1.82) is 5.26 Å². The van der Waals surface area contributed by atoms with Crippen molar-refractivity contribution in [2.75, 3.05) is 11.1 Å². The van der Waals surface area contributed by atoms with E-state index in [4.69, 9.17) is 21.3 Å². The molecule has 0 spiro atoms. The summed E-state index contributed by atoms with van der Waals surface area (Å²) in [5, 5.41) is 21.6. The van der Waals surface area contributed by atoms with Crippen LogP contribution in [0.25, 0.3) is 11.4 Å². The first-order valence-corrected chi connectivity index (χ1v) is 10.6. The van der Waals surface area contributed by atoms with Crippen LogP contribution in [-0.2, 0) is 11.3 Å². The van der Waals surface area contributed by atoms with Gasteiger partial charge in [0.2, 0.25) is 5.91 Å². The van der Waals surface area contributed by atoms with Crippen LogP contribution in [0.4, 0.5) is 5.69 Å². The van der Waals surface area contributed by atoms with Gasteiger partial charge in [-0.3, -0.25) is 9.36 Å². The van der Waals surface area contributed by atoms with Crippen LogP contribution >= 0.6 is 23.4 Å². The lowest BCUT2D eigenvalue weighted by Crippen LogP contribution is -2.15. The Morgan fingerprint density at radius 1 is 1.16 bits per heavy atom. The van der Waals surface area contributed by atoms with Gasteiger partial charge in [0, 0.05) is 16.3 Å². The molecule has 0 saturated heterocycles. The highest BCUT2D eigenvalue weighted by Gasteiger charge is 2.17. The third-order valence-electron chi connectivity index (χ3n) is 4.32. The minimum atomic E-state index is -0.208. The molecule has 0 atom stereocenters. The second-order valence-electron chi connectivity index (χ2n) is 6.51. The Labute approximate surface area is 187 Å². The summed E-state index contributed by atoms with van der Waals surface area (Å²) in [6, 6.07) is 19.8. The van der Waals surface area contributed by atoms with Crippen molar-refractivity contribution in [3.63, 3.8) is 0 Å². The summed E-state index contributed by atoms with van der Waals surface area (Å²) in [6.07, 6.45) is 1.61. The monoisotopic (exact) mass is 449 g/mol. The van der Waals surface area contributed by atoms with Crippen LogP contribution in [0, 0.1) is 11.3 Å². The number of thioether (sulfide) groups is 1. The van der Waals surface area contributed by atoms with Gasteiger partial charge in [-0.05, 0) is 54.6 Å². The van der Waals surface area contributed by atoms with E-state index in [0.717, 1.165) is 11.3 Å². The maximum Gasteiger partial charge on any atom is 0.234 e. The van der Waals surface area contributed by atoms with Gasteiger partial charge < -0.3 is 9.73 Å². The van der Waals surface area contributed by atoms with Crippen LogP contribution in [-0.4, -0.2) is 26.4 Å². The fraction of sp³-hybridized carbons (Fsp3) is 0.0909. The first-order chi connectivity index (χ1) is 15.1. The van der Waals surface area contributed by atoms with Crippen molar-refractivity contribution in [3.8, 4) is 17.5 Å². The Morgan fingerprint density at radius 2 is 2.00 bits per heavy atom. The number of carbonyl (C=O) groups is 1. The standard InChI is InChI=1S/C22H16ClN5O2S/c23-17-8-6-16(7-9-17)21-26-27-22(28(21)13-19-5-2-10-30-19)31-14-20(29)25-18-4-1-3-15(11-18)12-24/h1-11H,13-14H2,(H,25,29). The fourth-order valence-electron chi connectivity index (χ4n) is 2.90. The van der Waals surface area contributed by atoms with Crippen LogP contribution in [0.15, 0.2) is 76.5 Å². The Hall–Kier alpha value is -3.54. The first kappa shape index (κ1) is 20.7. The summed E-state index contributed by atoms with van der Waals surface area (Å²) in [5.74, 6) is 1.32. The Bertz CT molecular complexity index is 1230. The molecule has 1 N–H and O–H groups in total. The highest BCUT2D eigenvalue weighted by molar-refractivity contribution is 7.99. The lowest BCUT2D eigenvalue weighted by molar-refractivity contribution is -0.113. The minimum absolute atomic E-state index is 0.133. The van der Waals surface area contributed by atoms with Gasteiger partial charge in [0.25, 0.3) is 0 Å². The highest BCUT2D eigenvalue weighted by Crippen LogP contribution is 2.26. The van der Waals surface area contributed by atoms with Crippen molar-refractivity contribution in [3.05, 3.63) is 83.3 Å². The average Bonchev–Trinajstić information content (AvgIpc) is 3.43. The van der Waals surface area contributed by atoms with Crippen molar-refractivity contribution in [2.24, 2.45) is 0 Å². The molecular formula is C22H16ClN5O2S. The maximum absolute atomic E-state index is 12.4. The Kier molecular flexibility index (Phi) is 6.36. The summed E-state index contributed by atoms with van der Waals surface area (Å²) < 4.78 is 7.38. The molecule has 0 radical (unpaired) electrons. The number of nitriles is 1. The topological polar surface area (TPSA) is 96.7 Å². The predicted octanol–water partition coefficient (Wildman–Crippen LogP) is 4.84. The quantitative estimate of drug-likeness (QED) is 0.405. The Balaban J connectivity index is 1.52. The average molecular weight is 450 g/mol. The van der Waals surface area contributed by atoms with Gasteiger partial charge in [-0.2, -0.15) is 5.26 Å². The number of amides is 1. The molecule has 0 bridgehead atoms. The SMILES string of the molecule is N#Cc1cccc(NC(=O)CSc2nnc(-c3ccc(Cl)cc3)n2Cc2ccco2)c1. The van der Waals surface area contributed by atoms with Crippen molar-refractivity contribution < 1.29 is 9.21 Å². The molecular weight excluding hydrogens is 434 g/mol. The van der Waals surface area contributed by atoms with Gasteiger partial charge in [-0.15, -0.1) is 10.2 Å². The van der Waals surface area contributed by atoms with Crippen LogP contribution < -0.4 is 5.32 Å². The van der Waals surface area contributed by atoms with Crippen molar-refractivity contribution in [2.45, 2.75) is 11.7 Å². The van der Waals surface area contributed by atoms with E-state index in [2.05, 4.69) is 21.6 Å². The number of rotatable bonds is 7. The van der Waals surface area contributed by atoms with E-state index in [1.165, 1.54) is 11.8 Å². The number of nitrogens with zero attached hydrogens (tertiary/aromatic N) is 4. The van der Waals surface area contributed by atoms with E-state index < -0.39 is 0 Å². The van der Waals surface area contributed by atoms with Gasteiger partial charge in [-0.25, -0.2) is 0 Å². The molecule has 154 valence electrons. The van der Waals surface area contributed by atoms with E-state index in [1.807, 2.05) is 28.8 Å². The molecule has 0 saturated carbocycles. The number of hydrogen-bond acceptors (Lipinski definition) is 6. The number of hydrogen-bond donors (Lipinski definition) is 1. The van der Waals surface area contributed by atoms with Gasteiger partial charge in [0.15, 0.2) is 11.0 Å². The number of anilines is 1. The number of benzene rings is 2. The normalized spacial score (nSPS) is 10.6. The lowest BCUT2D eigenvalue weighted by Gasteiger charge is -2.09. The molecule has 31 heavy (non-hydrogen) atoms. The maximum atomic E-state index is 12.4. The molecule has 2 heterocycles. The zero-order valence-corrected chi connectivity index (χ0v) is 17.7. The summed E-state index contributed by atoms with van der Waals surface area (Å²) >= 11 is 7.27. The van der Waals surface area contributed by atoms with Crippen LogP contribution in [0.3, 0.4) is 0 Å². The highest BCUT2D eigenvalue weighted by atomic mass is 35.5. The molecule has 0 fully saturated rings. The molecule has 2 aromatic carbocycles. The summed E-state index contributed by atoms with van der Waals surface area (Å²) in [6.45, 7) is 0.423. The third kappa shape index (κ3) is 5.15. The molecule has 4 rings (SSSR count). The van der Waals surface area contributed by atoms with Crippen LogP contribution in [0.5, 0.6) is 0 Å². The van der Waals surface area contributed by atoms with E-state index in [1.54, 1.807) is 42.7 Å². The van der Waals surface area contributed by atoms with E-state index in [0.29, 0.717) is 33.8 Å². The van der Waals surface area contributed by atoms with Crippen LogP contribution in [0.1, 0.15) is 11.3 Å². The molecule has 0 unspecified atom stereocenters. The first-order valence-electron chi connectivity index (χ1n) is 9.27. The lowest BCUT2D eigenvalue weighted by atomic mass is 10.2. The second-order valence-corrected chi connectivity index (χ2v) is 7.89. The van der Waals surface area contributed by atoms with E-state index >= 15 is 0 Å². The van der Waals surface area contributed by atoms with Gasteiger partial charge >= 0.3 is 0 Å². The number of halogens is 1. The summed E-state index contributed by atoms with van der Waals surface area (Å²) in [4.78, 5) is 12.4.